The standard InChI is InChI=1S/C7H13NS.C7H7NS.C2H6/c1-2-7-3-5-9-6-8(7)4-1;1-2-4-7-6(3-1)8-5-9-7;1-2/h7H,1-6H2;1-4,8H,5H2;1-2H3. The minimum atomic E-state index is 0.978. The molecule has 1 aromatic carbocycles. The number of hydrogen-bond acceptors (Lipinski definition) is 4. The van der Waals surface area contributed by atoms with E-state index in [2.05, 4.69) is 46.2 Å². The van der Waals surface area contributed by atoms with Gasteiger partial charge in [0.1, 0.15) is 0 Å². The molecule has 0 amide bonds. The molecule has 0 bridgehead atoms. The highest BCUT2D eigenvalue weighted by Gasteiger charge is 2.26. The molecule has 3 heterocycles. The van der Waals surface area contributed by atoms with Crippen molar-refractivity contribution >= 4 is 29.2 Å². The molecule has 0 aliphatic carbocycles. The van der Waals surface area contributed by atoms with Crippen molar-refractivity contribution in [2.45, 2.75) is 44.0 Å². The summed E-state index contributed by atoms with van der Waals surface area (Å²) >= 11 is 3.95. The summed E-state index contributed by atoms with van der Waals surface area (Å²) in [4.78, 5) is 4.01. The molecule has 20 heavy (non-hydrogen) atoms. The van der Waals surface area contributed by atoms with E-state index in [1.54, 1.807) is 0 Å². The van der Waals surface area contributed by atoms with Gasteiger partial charge < -0.3 is 5.32 Å². The van der Waals surface area contributed by atoms with Gasteiger partial charge in [0.15, 0.2) is 0 Å². The lowest BCUT2D eigenvalue weighted by molar-refractivity contribution is 0.284. The van der Waals surface area contributed by atoms with E-state index in [4.69, 9.17) is 0 Å². The molecule has 3 aliphatic heterocycles. The fourth-order valence-corrected chi connectivity index (χ4v) is 4.72. The van der Waals surface area contributed by atoms with Crippen LogP contribution in [0.2, 0.25) is 0 Å². The van der Waals surface area contributed by atoms with Crippen LogP contribution in [0.25, 0.3) is 0 Å². The molecule has 112 valence electrons. The molecule has 0 spiro atoms. The van der Waals surface area contributed by atoms with Gasteiger partial charge in [0.25, 0.3) is 0 Å². The molecule has 2 saturated heterocycles. The molecule has 2 fully saturated rings. The number of rotatable bonds is 0. The van der Waals surface area contributed by atoms with Gasteiger partial charge in [-0.05, 0) is 43.7 Å². The number of hydrogen-bond donors (Lipinski definition) is 1. The van der Waals surface area contributed by atoms with E-state index in [0.717, 1.165) is 11.9 Å². The maximum atomic E-state index is 3.26. The Morgan fingerprint density at radius 2 is 2.05 bits per heavy atom. The zero-order valence-corrected chi connectivity index (χ0v) is 14.2. The van der Waals surface area contributed by atoms with Gasteiger partial charge in [-0.15, -0.1) is 23.5 Å². The van der Waals surface area contributed by atoms with Crippen LogP contribution in [0, 0.1) is 0 Å². The van der Waals surface area contributed by atoms with Gasteiger partial charge in [-0.25, -0.2) is 0 Å². The Labute approximate surface area is 132 Å². The third-order valence-electron chi connectivity index (χ3n) is 3.73. The van der Waals surface area contributed by atoms with Crippen molar-refractivity contribution in [1.82, 2.24) is 4.90 Å². The number of nitrogens with zero attached hydrogens (tertiary/aromatic N) is 1. The third kappa shape index (κ3) is 4.34. The second-order valence-electron chi connectivity index (χ2n) is 4.90. The summed E-state index contributed by atoms with van der Waals surface area (Å²) in [6.07, 6.45) is 4.37. The predicted octanol–water partition coefficient (Wildman–Crippen LogP) is 4.73. The molecule has 0 aromatic heterocycles. The molecule has 1 N–H and O–H groups in total. The van der Waals surface area contributed by atoms with Crippen molar-refractivity contribution in [2.24, 2.45) is 0 Å². The van der Waals surface area contributed by atoms with Crippen LogP contribution >= 0.6 is 23.5 Å². The zero-order valence-electron chi connectivity index (χ0n) is 12.6. The Morgan fingerprint density at radius 3 is 2.85 bits per heavy atom. The lowest BCUT2D eigenvalue weighted by atomic mass is 10.2. The summed E-state index contributed by atoms with van der Waals surface area (Å²) < 4.78 is 0. The number of nitrogens with one attached hydrogen (secondary N) is 1. The summed E-state index contributed by atoms with van der Waals surface area (Å²) in [6.45, 7) is 5.37. The van der Waals surface area contributed by atoms with Gasteiger partial charge in [0.05, 0.1) is 5.88 Å². The number of para-hydroxylation sites is 1. The molecule has 0 radical (unpaired) electrons. The summed E-state index contributed by atoms with van der Waals surface area (Å²) in [7, 11) is 0. The van der Waals surface area contributed by atoms with Gasteiger partial charge in [0, 0.05) is 22.5 Å². The van der Waals surface area contributed by atoms with Crippen LogP contribution in [0.4, 0.5) is 5.69 Å². The van der Waals surface area contributed by atoms with E-state index >= 15 is 0 Å². The minimum absolute atomic E-state index is 0.978. The smallest absolute Gasteiger partial charge is 0.0658 e. The average molecular weight is 311 g/mol. The van der Waals surface area contributed by atoms with Gasteiger partial charge in [-0.1, -0.05) is 26.0 Å². The monoisotopic (exact) mass is 310 g/mol. The van der Waals surface area contributed by atoms with E-state index in [1.165, 1.54) is 48.0 Å². The largest absolute Gasteiger partial charge is 0.375 e. The summed E-state index contributed by atoms with van der Waals surface area (Å²) in [5.41, 5.74) is 1.28. The molecule has 1 unspecified atom stereocenters. The molecule has 4 heteroatoms. The van der Waals surface area contributed by atoms with Gasteiger partial charge in [-0.2, -0.15) is 0 Å². The highest BCUT2D eigenvalue weighted by molar-refractivity contribution is 8.00. The van der Waals surface area contributed by atoms with Gasteiger partial charge in [-0.3, -0.25) is 4.90 Å². The first-order chi connectivity index (χ1) is 9.93. The number of thioether (sulfide) groups is 2. The van der Waals surface area contributed by atoms with Crippen molar-refractivity contribution in [2.75, 3.05) is 29.4 Å². The van der Waals surface area contributed by atoms with Crippen molar-refractivity contribution < 1.29 is 0 Å². The Hall–Kier alpha value is -0.320. The summed E-state index contributed by atoms with van der Waals surface area (Å²) in [6, 6.07) is 9.34. The highest BCUT2D eigenvalue weighted by atomic mass is 32.2. The van der Waals surface area contributed by atoms with Crippen molar-refractivity contribution in [3.63, 3.8) is 0 Å². The normalized spacial score (nSPS) is 23.4. The molecule has 4 rings (SSSR count). The third-order valence-corrected chi connectivity index (χ3v) is 5.72. The summed E-state index contributed by atoms with van der Waals surface area (Å²) in [5.74, 6) is 3.74. The molecule has 0 saturated carbocycles. The van der Waals surface area contributed by atoms with Crippen LogP contribution in [-0.4, -0.2) is 35.0 Å². The average Bonchev–Trinajstić information content (AvgIpc) is 3.18. The van der Waals surface area contributed by atoms with Gasteiger partial charge >= 0.3 is 0 Å². The summed E-state index contributed by atoms with van der Waals surface area (Å²) in [5, 5.41) is 3.26. The van der Waals surface area contributed by atoms with Crippen LogP contribution < -0.4 is 5.32 Å². The van der Waals surface area contributed by atoms with Crippen LogP contribution in [0.3, 0.4) is 0 Å². The van der Waals surface area contributed by atoms with Crippen LogP contribution in [0.5, 0.6) is 0 Å². The van der Waals surface area contributed by atoms with Crippen molar-refractivity contribution in [1.29, 1.82) is 0 Å². The van der Waals surface area contributed by atoms with E-state index in [9.17, 15) is 0 Å². The first-order valence-corrected chi connectivity index (χ1v) is 9.85. The minimum Gasteiger partial charge on any atom is -0.375 e. The van der Waals surface area contributed by atoms with Crippen LogP contribution in [-0.2, 0) is 0 Å². The zero-order chi connectivity index (χ0) is 14.2. The first kappa shape index (κ1) is 16.1. The lowest BCUT2D eigenvalue weighted by Gasteiger charge is -2.28. The Bertz CT molecular complexity index is 363. The Kier molecular flexibility index (Phi) is 7.11. The molecule has 1 atom stereocenters. The fourth-order valence-electron chi connectivity index (χ4n) is 2.72. The second-order valence-corrected chi connectivity index (χ2v) is 6.99. The van der Waals surface area contributed by atoms with Crippen LogP contribution in [0.1, 0.15) is 33.1 Å². The van der Waals surface area contributed by atoms with Gasteiger partial charge in [0.2, 0.25) is 0 Å². The quantitative estimate of drug-likeness (QED) is 0.744. The lowest BCUT2D eigenvalue weighted by Crippen LogP contribution is -2.33. The maximum Gasteiger partial charge on any atom is 0.0658 e. The Morgan fingerprint density at radius 1 is 1.20 bits per heavy atom. The first-order valence-electron chi connectivity index (χ1n) is 7.71. The van der Waals surface area contributed by atoms with Crippen LogP contribution in [0.15, 0.2) is 29.2 Å². The number of benzene rings is 1. The molecule has 1 aromatic rings. The maximum absolute atomic E-state index is 3.26. The second kappa shape index (κ2) is 8.85. The highest BCUT2D eigenvalue weighted by Crippen LogP contribution is 2.32. The fraction of sp³-hybridized carbons (Fsp3) is 0.625. The van der Waals surface area contributed by atoms with E-state index in [-0.39, 0.29) is 0 Å². The van der Waals surface area contributed by atoms with E-state index in [1.807, 2.05) is 25.6 Å². The van der Waals surface area contributed by atoms with E-state index < -0.39 is 0 Å². The molecule has 2 nitrogen and oxygen atoms in total. The van der Waals surface area contributed by atoms with E-state index in [0.29, 0.717) is 0 Å². The molecule has 3 aliphatic rings. The predicted molar refractivity (Wildman–Crippen MR) is 93.8 cm³/mol. The van der Waals surface area contributed by atoms with Crippen molar-refractivity contribution in [3.05, 3.63) is 24.3 Å². The SMILES string of the molecule is C1CC2CCSCN2C1.CC.c1ccc2c(c1)NCS2. The topological polar surface area (TPSA) is 15.3 Å². The van der Waals surface area contributed by atoms with Crippen molar-refractivity contribution in [3.8, 4) is 0 Å². The Balaban J connectivity index is 0.000000131. The molecular formula is C16H26N2S2. The molecular weight excluding hydrogens is 284 g/mol. The number of anilines is 1. The number of fused-ring (bicyclic) bond motifs is 2.